The van der Waals surface area contributed by atoms with E-state index in [0.717, 1.165) is 11.1 Å². The Balaban J connectivity index is 1.49. The second-order valence-electron chi connectivity index (χ2n) is 5.58. The summed E-state index contributed by atoms with van der Waals surface area (Å²) in [5.41, 5.74) is 3.72. The van der Waals surface area contributed by atoms with Crippen LogP contribution in [0, 0.1) is 0 Å². The molecule has 0 fully saturated rings. The van der Waals surface area contributed by atoms with Gasteiger partial charge >= 0.3 is 0 Å². The quantitative estimate of drug-likeness (QED) is 0.543. The second kappa shape index (κ2) is 6.54. The standard InChI is InChI=1S/C20H16N2O2/c1-3-7-15(8-4-1)11-19-21-17(13-23-19)18-14-24-20(22-18)12-16-9-5-2-6-10-16/h1-10,13-14H,11-12H2. The minimum Gasteiger partial charge on any atom is -0.448 e. The van der Waals surface area contributed by atoms with Crippen molar-refractivity contribution in [2.24, 2.45) is 0 Å². The molecule has 0 aliphatic rings. The lowest BCUT2D eigenvalue weighted by molar-refractivity contribution is 0.506. The molecule has 4 rings (SSSR count). The first kappa shape index (κ1) is 14.5. The summed E-state index contributed by atoms with van der Waals surface area (Å²) in [4.78, 5) is 9.01. The lowest BCUT2D eigenvalue weighted by atomic mass is 10.1. The van der Waals surface area contributed by atoms with Crippen LogP contribution in [0.25, 0.3) is 11.4 Å². The number of nitrogens with zero attached hydrogens (tertiary/aromatic N) is 2. The third-order valence-electron chi connectivity index (χ3n) is 3.76. The number of benzene rings is 2. The van der Waals surface area contributed by atoms with Gasteiger partial charge in [0.25, 0.3) is 0 Å². The summed E-state index contributed by atoms with van der Waals surface area (Å²) in [5, 5.41) is 0. The molecule has 2 heterocycles. The van der Waals surface area contributed by atoms with Gasteiger partial charge in [-0.05, 0) is 11.1 Å². The highest BCUT2D eigenvalue weighted by molar-refractivity contribution is 5.51. The van der Waals surface area contributed by atoms with Gasteiger partial charge in [-0.25, -0.2) is 9.97 Å². The number of rotatable bonds is 5. The van der Waals surface area contributed by atoms with Crippen molar-refractivity contribution in [1.29, 1.82) is 0 Å². The average molecular weight is 316 g/mol. The highest BCUT2D eigenvalue weighted by Crippen LogP contribution is 2.20. The molecule has 0 aliphatic heterocycles. The Morgan fingerprint density at radius 2 is 1.00 bits per heavy atom. The topological polar surface area (TPSA) is 52.1 Å². The Bertz CT molecular complexity index is 833. The van der Waals surface area contributed by atoms with Crippen molar-refractivity contribution < 1.29 is 8.83 Å². The molecule has 0 aliphatic carbocycles. The maximum absolute atomic E-state index is 5.56. The number of oxazole rings is 2. The highest BCUT2D eigenvalue weighted by atomic mass is 16.3. The van der Waals surface area contributed by atoms with E-state index in [9.17, 15) is 0 Å². The molecule has 0 spiro atoms. The van der Waals surface area contributed by atoms with E-state index >= 15 is 0 Å². The van der Waals surface area contributed by atoms with Gasteiger partial charge in [0, 0.05) is 12.8 Å². The Morgan fingerprint density at radius 3 is 1.42 bits per heavy atom. The van der Waals surface area contributed by atoms with Gasteiger partial charge in [-0.2, -0.15) is 0 Å². The van der Waals surface area contributed by atoms with E-state index in [1.165, 1.54) is 0 Å². The maximum atomic E-state index is 5.56. The van der Waals surface area contributed by atoms with Gasteiger partial charge < -0.3 is 8.83 Å². The van der Waals surface area contributed by atoms with E-state index in [2.05, 4.69) is 34.2 Å². The first-order chi connectivity index (χ1) is 11.9. The van der Waals surface area contributed by atoms with Crippen LogP contribution >= 0.6 is 0 Å². The molecule has 4 aromatic rings. The molecule has 0 atom stereocenters. The molecule has 0 unspecified atom stereocenters. The van der Waals surface area contributed by atoms with Crippen LogP contribution in [0.5, 0.6) is 0 Å². The molecule has 0 radical (unpaired) electrons. The Hall–Kier alpha value is -3.14. The van der Waals surface area contributed by atoms with Crippen molar-refractivity contribution in [3.8, 4) is 11.4 Å². The number of hydrogen-bond acceptors (Lipinski definition) is 4. The van der Waals surface area contributed by atoms with Crippen molar-refractivity contribution in [3.63, 3.8) is 0 Å². The summed E-state index contributed by atoms with van der Waals surface area (Å²) in [6.07, 6.45) is 4.58. The van der Waals surface area contributed by atoms with Gasteiger partial charge in [-0.3, -0.25) is 0 Å². The van der Waals surface area contributed by atoms with Crippen LogP contribution < -0.4 is 0 Å². The fourth-order valence-corrected chi connectivity index (χ4v) is 2.56. The summed E-state index contributed by atoms with van der Waals surface area (Å²) < 4.78 is 11.1. The van der Waals surface area contributed by atoms with Crippen molar-refractivity contribution in [3.05, 3.63) is 96.1 Å². The highest BCUT2D eigenvalue weighted by Gasteiger charge is 2.12. The van der Waals surface area contributed by atoms with Crippen LogP contribution in [0.2, 0.25) is 0 Å². The molecule has 4 nitrogen and oxygen atoms in total. The second-order valence-corrected chi connectivity index (χ2v) is 5.58. The van der Waals surface area contributed by atoms with E-state index in [1.54, 1.807) is 12.5 Å². The smallest absolute Gasteiger partial charge is 0.199 e. The van der Waals surface area contributed by atoms with E-state index in [0.29, 0.717) is 36.0 Å². The Morgan fingerprint density at radius 1 is 0.583 bits per heavy atom. The number of aromatic nitrogens is 2. The lowest BCUT2D eigenvalue weighted by Gasteiger charge is -1.95. The molecule has 118 valence electrons. The molecule has 0 amide bonds. The van der Waals surface area contributed by atoms with Crippen LogP contribution in [0.4, 0.5) is 0 Å². The van der Waals surface area contributed by atoms with Gasteiger partial charge in [0.2, 0.25) is 0 Å². The third kappa shape index (κ3) is 3.27. The number of hydrogen-bond donors (Lipinski definition) is 0. The molecule has 0 N–H and O–H groups in total. The van der Waals surface area contributed by atoms with Crippen molar-refractivity contribution >= 4 is 0 Å². The van der Waals surface area contributed by atoms with Crippen LogP contribution in [-0.4, -0.2) is 9.97 Å². The monoisotopic (exact) mass is 316 g/mol. The van der Waals surface area contributed by atoms with Crippen LogP contribution in [0.1, 0.15) is 22.9 Å². The zero-order valence-electron chi connectivity index (χ0n) is 13.1. The molecule has 2 aromatic carbocycles. The maximum Gasteiger partial charge on any atom is 0.199 e. The zero-order valence-corrected chi connectivity index (χ0v) is 13.1. The van der Waals surface area contributed by atoms with Gasteiger partial charge in [0.05, 0.1) is 0 Å². The molecular formula is C20H16N2O2. The average Bonchev–Trinajstić information content (AvgIpc) is 3.26. The first-order valence-corrected chi connectivity index (χ1v) is 7.84. The predicted molar refractivity (Wildman–Crippen MR) is 90.5 cm³/mol. The van der Waals surface area contributed by atoms with E-state index in [-0.39, 0.29) is 0 Å². The molecule has 0 saturated heterocycles. The van der Waals surface area contributed by atoms with Gasteiger partial charge in [0.1, 0.15) is 23.9 Å². The summed E-state index contributed by atoms with van der Waals surface area (Å²) >= 11 is 0. The van der Waals surface area contributed by atoms with Gasteiger partial charge in [0.15, 0.2) is 11.8 Å². The fourth-order valence-electron chi connectivity index (χ4n) is 2.56. The van der Waals surface area contributed by atoms with E-state index in [4.69, 9.17) is 8.83 Å². The summed E-state index contributed by atoms with van der Waals surface area (Å²) in [7, 11) is 0. The first-order valence-electron chi connectivity index (χ1n) is 7.84. The van der Waals surface area contributed by atoms with Crippen LogP contribution in [0.15, 0.2) is 82.0 Å². The largest absolute Gasteiger partial charge is 0.448 e. The normalized spacial score (nSPS) is 10.8. The van der Waals surface area contributed by atoms with Crippen molar-refractivity contribution in [2.45, 2.75) is 12.8 Å². The molecule has 4 heteroatoms. The molecule has 0 bridgehead atoms. The molecule has 0 saturated carbocycles. The summed E-state index contributed by atoms with van der Waals surface area (Å²) in [6.45, 7) is 0. The minimum atomic E-state index is 0.662. The Kier molecular flexibility index (Phi) is 3.94. The van der Waals surface area contributed by atoms with Crippen LogP contribution in [0.3, 0.4) is 0 Å². The minimum absolute atomic E-state index is 0.662. The molecular weight excluding hydrogens is 300 g/mol. The lowest BCUT2D eigenvalue weighted by Crippen LogP contribution is -1.89. The van der Waals surface area contributed by atoms with Crippen molar-refractivity contribution in [1.82, 2.24) is 9.97 Å². The zero-order chi connectivity index (χ0) is 16.2. The summed E-state index contributed by atoms with van der Waals surface area (Å²) in [6, 6.07) is 20.2. The predicted octanol–water partition coefficient (Wildman–Crippen LogP) is 4.51. The fraction of sp³-hybridized carbons (Fsp3) is 0.100. The Labute approximate surface area is 139 Å². The summed E-state index contributed by atoms with van der Waals surface area (Å²) in [5.74, 6) is 1.34. The third-order valence-corrected chi connectivity index (χ3v) is 3.76. The van der Waals surface area contributed by atoms with Crippen LogP contribution in [-0.2, 0) is 12.8 Å². The molecule has 24 heavy (non-hydrogen) atoms. The van der Waals surface area contributed by atoms with E-state index < -0.39 is 0 Å². The van der Waals surface area contributed by atoms with Gasteiger partial charge in [-0.15, -0.1) is 0 Å². The van der Waals surface area contributed by atoms with E-state index in [1.807, 2.05) is 36.4 Å². The van der Waals surface area contributed by atoms with Crippen molar-refractivity contribution in [2.75, 3.05) is 0 Å². The van der Waals surface area contributed by atoms with Gasteiger partial charge in [-0.1, -0.05) is 60.7 Å². The SMILES string of the molecule is c1ccc(Cc2nc(-c3coc(Cc4ccccc4)n3)co2)cc1. The molecule has 2 aromatic heterocycles.